The van der Waals surface area contributed by atoms with Crippen LogP contribution in [0.25, 0.3) is 5.69 Å². The highest BCUT2D eigenvalue weighted by atomic mass is 35.5. The molecule has 0 atom stereocenters. The van der Waals surface area contributed by atoms with Crippen LogP contribution in [0.5, 0.6) is 0 Å². The van der Waals surface area contributed by atoms with E-state index < -0.39 is 0 Å². The lowest BCUT2D eigenvalue weighted by molar-refractivity contribution is 0.0912. The maximum atomic E-state index is 11.9. The Labute approximate surface area is 128 Å². The van der Waals surface area contributed by atoms with Crippen molar-refractivity contribution in [3.05, 3.63) is 40.9 Å². The number of benzene rings is 1. The van der Waals surface area contributed by atoms with Crippen molar-refractivity contribution in [3.8, 4) is 5.69 Å². The van der Waals surface area contributed by atoms with E-state index in [1.807, 2.05) is 19.1 Å². The Kier molecular flexibility index (Phi) is 5.30. The monoisotopic (exact) mass is 308 g/mol. The summed E-state index contributed by atoms with van der Waals surface area (Å²) >= 11 is 5.86. The number of nitrogens with zero attached hydrogens (tertiary/aromatic N) is 3. The molecule has 7 heteroatoms. The maximum Gasteiger partial charge on any atom is 0.291 e. The van der Waals surface area contributed by atoms with Crippen LogP contribution in [0.3, 0.4) is 0 Å². The Hall–Kier alpha value is -1.92. The van der Waals surface area contributed by atoms with E-state index in [-0.39, 0.29) is 11.7 Å². The third-order valence-corrected chi connectivity index (χ3v) is 3.03. The lowest BCUT2D eigenvalue weighted by atomic mass is 10.3. The standard InChI is InChI=1S/C14H17ClN4O2/c1-3-21-9-8-16-14(20)13-17-10(2)19(18-13)12-6-4-11(15)5-7-12/h4-7H,3,8-9H2,1-2H3,(H,16,20). The molecule has 0 unspecified atom stereocenters. The molecule has 1 aromatic carbocycles. The fourth-order valence-corrected chi connectivity index (χ4v) is 1.90. The van der Waals surface area contributed by atoms with E-state index in [9.17, 15) is 4.79 Å². The molecular formula is C14H17ClN4O2. The third kappa shape index (κ3) is 4.03. The van der Waals surface area contributed by atoms with Crippen molar-refractivity contribution in [2.45, 2.75) is 13.8 Å². The van der Waals surface area contributed by atoms with Gasteiger partial charge < -0.3 is 10.1 Å². The molecule has 0 saturated heterocycles. The molecule has 0 aliphatic rings. The fourth-order valence-electron chi connectivity index (χ4n) is 1.77. The highest BCUT2D eigenvalue weighted by Gasteiger charge is 2.14. The number of carbonyl (C=O) groups excluding carboxylic acids is 1. The zero-order chi connectivity index (χ0) is 15.2. The van der Waals surface area contributed by atoms with E-state index in [0.29, 0.717) is 30.6 Å². The molecule has 1 amide bonds. The van der Waals surface area contributed by atoms with E-state index in [2.05, 4.69) is 15.4 Å². The first kappa shape index (κ1) is 15.5. The van der Waals surface area contributed by atoms with Gasteiger partial charge in [0.1, 0.15) is 5.82 Å². The number of aromatic nitrogens is 3. The molecule has 0 aliphatic heterocycles. The van der Waals surface area contributed by atoms with Gasteiger partial charge in [0.05, 0.1) is 12.3 Å². The number of halogens is 1. The third-order valence-electron chi connectivity index (χ3n) is 2.78. The summed E-state index contributed by atoms with van der Waals surface area (Å²) < 4.78 is 6.76. The molecule has 0 spiro atoms. The highest BCUT2D eigenvalue weighted by Crippen LogP contribution is 2.14. The first-order valence-corrected chi connectivity index (χ1v) is 7.05. The number of aryl methyl sites for hydroxylation is 1. The Morgan fingerprint density at radius 3 is 2.76 bits per heavy atom. The summed E-state index contributed by atoms with van der Waals surface area (Å²) in [5.41, 5.74) is 0.803. The number of nitrogens with one attached hydrogen (secondary N) is 1. The summed E-state index contributed by atoms with van der Waals surface area (Å²) in [7, 11) is 0. The Morgan fingerprint density at radius 1 is 1.38 bits per heavy atom. The minimum atomic E-state index is -0.314. The molecule has 1 N–H and O–H groups in total. The SMILES string of the molecule is CCOCCNC(=O)c1nc(C)n(-c2ccc(Cl)cc2)n1. The first-order chi connectivity index (χ1) is 10.1. The van der Waals surface area contributed by atoms with Crippen molar-refractivity contribution in [1.29, 1.82) is 0 Å². The Balaban J connectivity index is 2.08. The molecule has 0 saturated carbocycles. The topological polar surface area (TPSA) is 69.0 Å². The Morgan fingerprint density at radius 2 is 2.10 bits per heavy atom. The quantitative estimate of drug-likeness (QED) is 0.829. The maximum absolute atomic E-state index is 11.9. The minimum Gasteiger partial charge on any atom is -0.380 e. The van der Waals surface area contributed by atoms with Crippen molar-refractivity contribution < 1.29 is 9.53 Å². The van der Waals surface area contributed by atoms with Gasteiger partial charge in [0.15, 0.2) is 0 Å². The van der Waals surface area contributed by atoms with Crippen molar-refractivity contribution in [2.75, 3.05) is 19.8 Å². The van der Waals surface area contributed by atoms with Crippen LogP contribution >= 0.6 is 11.6 Å². The van der Waals surface area contributed by atoms with Crippen LogP contribution in [0.1, 0.15) is 23.4 Å². The van der Waals surface area contributed by atoms with Crippen molar-refractivity contribution in [1.82, 2.24) is 20.1 Å². The smallest absolute Gasteiger partial charge is 0.291 e. The van der Waals surface area contributed by atoms with Crippen LogP contribution in [0.2, 0.25) is 5.02 Å². The Bertz CT molecular complexity index is 610. The van der Waals surface area contributed by atoms with Crippen LogP contribution in [-0.2, 0) is 4.74 Å². The zero-order valence-electron chi connectivity index (χ0n) is 12.0. The summed E-state index contributed by atoms with van der Waals surface area (Å²) in [4.78, 5) is 16.1. The van der Waals surface area contributed by atoms with Gasteiger partial charge in [-0.15, -0.1) is 5.10 Å². The van der Waals surface area contributed by atoms with Gasteiger partial charge in [0.2, 0.25) is 5.82 Å². The fraction of sp³-hybridized carbons (Fsp3) is 0.357. The second-order valence-electron chi connectivity index (χ2n) is 4.32. The van der Waals surface area contributed by atoms with Gasteiger partial charge in [0.25, 0.3) is 5.91 Å². The van der Waals surface area contributed by atoms with Gasteiger partial charge in [-0.3, -0.25) is 4.79 Å². The lowest BCUT2D eigenvalue weighted by Gasteiger charge is -2.03. The molecule has 6 nitrogen and oxygen atoms in total. The molecule has 1 aromatic heterocycles. The van der Waals surface area contributed by atoms with Crippen LogP contribution in [0, 0.1) is 6.92 Å². The number of hydrogen-bond acceptors (Lipinski definition) is 4. The minimum absolute atomic E-state index is 0.138. The average Bonchev–Trinajstić information content (AvgIpc) is 2.86. The van der Waals surface area contributed by atoms with E-state index in [1.165, 1.54) is 0 Å². The number of hydrogen-bond donors (Lipinski definition) is 1. The average molecular weight is 309 g/mol. The first-order valence-electron chi connectivity index (χ1n) is 6.67. The largest absolute Gasteiger partial charge is 0.380 e. The molecule has 0 bridgehead atoms. The molecule has 112 valence electrons. The number of amides is 1. The predicted octanol–water partition coefficient (Wildman–Crippen LogP) is 2.00. The summed E-state index contributed by atoms with van der Waals surface area (Å²) in [6.07, 6.45) is 0. The second-order valence-corrected chi connectivity index (χ2v) is 4.76. The molecular weight excluding hydrogens is 292 g/mol. The van der Waals surface area contributed by atoms with E-state index in [4.69, 9.17) is 16.3 Å². The lowest BCUT2D eigenvalue weighted by Crippen LogP contribution is -2.28. The van der Waals surface area contributed by atoms with Crippen molar-refractivity contribution in [3.63, 3.8) is 0 Å². The van der Waals surface area contributed by atoms with Gasteiger partial charge in [-0.1, -0.05) is 11.6 Å². The van der Waals surface area contributed by atoms with Gasteiger partial charge >= 0.3 is 0 Å². The van der Waals surface area contributed by atoms with E-state index in [1.54, 1.807) is 23.7 Å². The van der Waals surface area contributed by atoms with Crippen LogP contribution in [0.4, 0.5) is 0 Å². The van der Waals surface area contributed by atoms with Gasteiger partial charge in [-0.25, -0.2) is 9.67 Å². The van der Waals surface area contributed by atoms with E-state index in [0.717, 1.165) is 5.69 Å². The summed E-state index contributed by atoms with van der Waals surface area (Å²) in [5, 5.41) is 7.57. The van der Waals surface area contributed by atoms with Gasteiger partial charge in [-0.2, -0.15) is 0 Å². The second kappa shape index (κ2) is 7.19. The molecule has 0 fully saturated rings. The molecule has 0 radical (unpaired) electrons. The zero-order valence-corrected chi connectivity index (χ0v) is 12.7. The summed E-state index contributed by atoms with van der Waals surface area (Å²) in [6, 6.07) is 7.17. The predicted molar refractivity (Wildman–Crippen MR) is 79.9 cm³/mol. The van der Waals surface area contributed by atoms with Crippen LogP contribution in [-0.4, -0.2) is 40.4 Å². The van der Waals surface area contributed by atoms with Crippen molar-refractivity contribution >= 4 is 17.5 Å². The number of carbonyl (C=O) groups is 1. The summed E-state index contributed by atoms with van der Waals surface area (Å²) in [6.45, 7) is 5.22. The molecule has 21 heavy (non-hydrogen) atoms. The molecule has 2 rings (SSSR count). The number of ether oxygens (including phenoxy) is 1. The van der Waals surface area contributed by atoms with E-state index >= 15 is 0 Å². The van der Waals surface area contributed by atoms with Crippen LogP contribution < -0.4 is 5.32 Å². The van der Waals surface area contributed by atoms with Crippen molar-refractivity contribution in [2.24, 2.45) is 0 Å². The molecule has 1 heterocycles. The molecule has 0 aliphatic carbocycles. The highest BCUT2D eigenvalue weighted by molar-refractivity contribution is 6.30. The summed E-state index contributed by atoms with van der Waals surface area (Å²) in [5.74, 6) is 0.455. The van der Waals surface area contributed by atoms with Gasteiger partial charge in [0, 0.05) is 18.2 Å². The van der Waals surface area contributed by atoms with Gasteiger partial charge in [-0.05, 0) is 38.1 Å². The normalized spacial score (nSPS) is 10.6. The number of rotatable bonds is 6. The van der Waals surface area contributed by atoms with Crippen LogP contribution in [0.15, 0.2) is 24.3 Å². The molecule has 2 aromatic rings.